The van der Waals surface area contributed by atoms with Gasteiger partial charge in [0.05, 0.1) is 6.04 Å². The smallest absolute Gasteiger partial charge is 0.329 e. The molecule has 2 saturated carbocycles. The maximum absolute atomic E-state index is 14.2. The van der Waals surface area contributed by atoms with Crippen LogP contribution in [0.5, 0.6) is 0 Å². The van der Waals surface area contributed by atoms with Gasteiger partial charge in [0, 0.05) is 6.54 Å². The molecule has 5 amide bonds. The first-order chi connectivity index (χ1) is 20.0. The van der Waals surface area contributed by atoms with Crippen LogP contribution < -0.4 is 21.7 Å². The summed E-state index contributed by atoms with van der Waals surface area (Å²) in [5.41, 5.74) is 3.75. The number of likely N-dealkylation sites (tertiary alicyclic amines) is 1. The number of nitrogens with zero attached hydrogens (tertiary/aromatic N) is 1. The summed E-state index contributed by atoms with van der Waals surface area (Å²) in [5.74, 6) is -3.64. The van der Waals surface area contributed by atoms with Gasteiger partial charge >= 0.3 is 12.0 Å². The molecule has 0 spiro atoms. The Bertz CT molecular complexity index is 1160. The molecule has 3 rings (SSSR count). The quantitative estimate of drug-likeness (QED) is 0.202. The first-order valence-corrected chi connectivity index (χ1v) is 15.8. The first kappa shape index (κ1) is 35.3. The third-order valence-corrected chi connectivity index (χ3v) is 9.11. The van der Waals surface area contributed by atoms with Crippen molar-refractivity contribution in [2.45, 2.75) is 125 Å². The van der Waals surface area contributed by atoms with Gasteiger partial charge in [-0.1, -0.05) is 61.3 Å². The van der Waals surface area contributed by atoms with Gasteiger partial charge in [-0.25, -0.2) is 9.59 Å². The normalized spacial score (nSPS) is 24.7. The average molecular weight is 620 g/mol. The van der Waals surface area contributed by atoms with Crippen molar-refractivity contribution in [2.24, 2.45) is 40.2 Å². The lowest BCUT2D eigenvalue weighted by atomic mass is 9.55. The molecule has 0 bridgehead atoms. The van der Waals surface area contributed by atoms with Gasteiger partial charge in [0.25, 0.3) is 5.91 Å². The van der Waals surface area contributed by atoms with Gasteiger partial charge in [0.15, 0.2) is 0 Å². The molecule has 1 aliphatic heterocycles. The molecule has 248 valence electrons. The standard InChI is InChI=1S/C32H53N5O7/c1-16(2)21(35-29(43)36-24(30(3,4)5)28(42)44-31(6,7)8)27(41)37-15-19-18(14-32(19,9)10)22(37)26(40)34-20(13-17-11-12-17)23(38)25(33)39/h16-22,24H,11-15H2,1-10H3,(H2,33,39)(H,34,40)(H2,35,36,43)/t18-,19-,20?,21-,22-,24+/m0/s1. The molecular weight excluding hydrogens is 566 g/mol. The van der Waals surface area contributed by atoms with Crippen molar-refractivity contribution in [1.82, 2.24) is 20.9 Å². The summed E-state index contributed by atoms with van der Waals surface area (Å²) in [4.78, 5) is 80.0. The van der Waals surface area contributed by atoms with Crippen LogP contribution in [-0.4, -0.2) is 76.7 Å². The number of ketones is 1. The third kappa shape index (κ3) is 8.29. The Morgan fingerprint density at radius 1 is 0.955 bits per heavy atom. The Labute approximate surface area is 261 Å². The summed E-state index contributed by atoms with van der Waals surface area (Å²) in [6.45, 7) is 18.7. The number of Topliss-reactive ketones (excluding diaryl/α,β-unsaturated/α-hetero) is 1. The topological polar surface area (TPSA) is 177 Å². The molecule has 0 aromatic carbocycles. The number of rotatable bonds is 11. The number of esters is 1. The van der Waals surface area contributed by atoms with Gasteiger partial charge in [-0.15, -0.1) is 0 Å². The number of amides is 5. The Kier molecular flexibility index (Phi) is 10.2. The fourth-order valence-corrected chi connectivity index (χ4v) is 6.50. The zero-order chi connectivity index (χ0) is 33.5. The average Bonchev–Trinajstić information content (AvgIpc) is 3.61. The Morgan fingerprint density at radius 2 is 1.55 bits per heavy atom. The van der Waals surface area contributed by atoms with Crippen LogP contribution in [0.15, 0.2) is 0 Å². The lowest BCUT2D eigenvalue weighted by molar-refractivity contribution is -0.160. The summed E-state index contributed by atoms with van der Waals surface area (Å²) in [6.07, 6.45) is 2.87. The van der Waals surface area contributed by atoms with Crippen molar-refractivity contribution in [3.8, 4) is 0 Å². The number of fused-ring (bicyclic) bond motifs is 1. The van der Waals surface area contributed by atoms with Gasteiger partial charge in [0.2, 0.25) is 17.6 Å². The van der Waals surface area contributed by atoms with Crippen LogP contribution in [0, 0.1) is 34.5 Å². The lowest BCUT2D eigenvalue weighted by Crippen LogP contribution is -2.61. The minimum absolute atomic E-state index is 0.0509. The van der Waals surface area contributed by atoms with E-state index in [1.54, 1.807) is 55.4 Å². The van der Waals surface area contributed by atoms with Crippen LogP contribution in [0.25, 0.3) is 0 Å². The van der Waals surface area contributed by atoms with Crippen molar-refractivity contribution in [1.29, 1.82) is 0 Å². The van der Waals surface area contributed by atoms with Crippen LogP contribution in [-0.2, 0) is 28.7 Å². The lowest BCUT2D eigenvalue weighted by Gasteiger charge is -2.48. The van der Waals surface area contributed by atoms with Crippen molar-refractivity contribution < 1.29 is 33.5 Å². The highest BCUT2D eigenvalue weighted by Crippen LogP contribution is 2.57. The number of urea groups is 1. The van der Waals surface area contributed by atoms with Crippen molar-refractivity contribution in [3.63, 3.8) is 0 Å². The predicted octanol–water partition coefficient (Wildman–Crippen LogP) is 2.28. The summed E-state index contributed by atoms with van der Waals surface area (Å²) in [6, 6.07) is -4.60. The number of primary amides is 1. The van der Waals surface area contributed by atoms with Crippen LogP contribution >= 0.6 is 0 Å². The molecule has 5 N–H and O–H groups in total. The van der Waals surface area contributed by atoms with Crippen LogP contribution in [0.2, 0.25) is 0 Å². The van der Waals surface area contributed by atoms with Crippen molar-refractivity contribution in [2.75, 3.05) is 6.54 Å². The molecule has 44 heavy (non-hydrogen) atoms. The highest BCUT2D eigenvalue weighted by molar-refractivity contribution is 6.37. The van der Waals surface area contributed by atoms with Crippen LogP contribution in [0.1, 0.15) is 94.9 Å². The second-order valence-corrected chi connectivity index (χ2v) is 16.0. The van der Waals surface area contributed by atoms with Gasteiger partial charge in [0.1, 0.15) is 23.7 Å². The second-order valence-electron chi connectivity index (χ2n) is 16.0. The zero-order valence-corrected chi connectivity index (χ0v) is 28.0. The van der Waals surface area contributed by atoms with E-state index in [9.17, 15) is 28.8 Å². The van der Waals surface area contributed by atoms with E-state index in [0.29, 0.717) is 19.4 Å². The highest BCUT2D eigenvalue weighted by atomic mass is 16.6. The number of hydrogen-bond donors (Lipinski definition) is 4. The number of carbonyl (C=O) groups excluding carboxylic acids is 6. The van der Waals surface area contributed by atoms with E-state index in [1.165, 1.54) is 4.90 Å². The van der Waals surface area contributed by atoms with Gasteiger partial charge in [-0.3, -0.25) is 19.2 Å². The summed E-state index contributed by atoms with van der Waals surface area (Å²) >= 11 is 0. The molecule has 0 aromatic heterocycles. The van der Waals surface area contributed by atoms with E-state index in [2.05, 4.69) is 29.8 Å². The van der Waals surface area contributed by atoms with Gasteiger partial charge in [-0.2, -0.15) is 0 Å². The molecule has 0 aromatic rings. The Hall–Kier alpha value is -3.18. The molecule has 12 heteroatoms. The van der Waals surface area contributed by atoms with E-state index in [4.69, 9.17) is 10.5 Å². The minimum atomic E-state index is -1.10. The monoisotopic (exact) mass is 619 g/mol. The maximum Gasteiger partial charge on any atom is 0.329 e. The van der Waals surface area contributed by atoms with E-state index in [-0.39, 0.29) is 29.1 Å². The SMILES string of the molecule is CC(C)[C@H](NC(=O)N[C@H](C(=O)OC(C)(C)C)C(C)(C)C)C(=O)N1C[C@H]2[C@H](CC2(C)C)[C@H]1C(=O)NC(CC1CC1)C(=O)C(N)=O. The van der Waals surface area contributed by atoms with Crippen molar-refractivity contribution >= 4 is 35.5 Å². The molecule has 1 unspecified atom stereocenters. The molecule has 1 heterocycles. The number of ether oxygens (including phenoxy) is 1. The molecule has 1 saturated heterocycles. The molecule has 6 atom stereocenters. The van der Waals surface area contributed by atoms with E-state index in [1.807, 2.05) is 0 Å². The number of nitrogens with one attached hydrogen (secondary N) is 3. The molecule has 12 nitrogen and oxygen atoms in total. The molecule has 3 fully saturated rings. The van der Waals surface area contributed by atoms with Gasteiger partial charge in [-0.05, 0) is 68.1 Å². The summed E-state index contributed by atoms with van der Waals surface area (Å²) in [7, 11) is 0. The summed E-state index contributed by atoms with van der Waals surface area (Å²) < 4.78 is 5.54. The molecule has 2 aliphatic carbocycles. The van der Waals surface area contributed by atoms with E-state index >= 15 is 0 Å². The number of nitrogens with two attached hydrogens (primary N) is 1. The van der Waals surface area contributed by atoms with E-state index in [0.717, 1.165) is 12.8 Å². The van der Waals surface area contributed by atoms with Crippen molar-refractivity contribution in [3.05, 3.63) is 0 Å². The predicted molar refractivity (Wildman–Crippen MR) is 164 cm³/mol. The van der Waals surface area contributed by atoms with E-state index < -0.39 is 70.7 Å². The minimum Gasteiger partial charge on any atom is -0.458 e. The largest absolute Gasteiger partial charge is 0.458 e. The fourth-order valence-electron chi connectivity index (χ4n) is 6.50. The fraction of sp³-hybridized carbons (Fsp3) is 0.812. The molecule has 3 aliphatic rings. The third-order valence-electron chi connectivity index (χ3n) is 9.11. The van der Waals surface area contributed by atoms with Gasteiger partial charge < -0.3 is 31.3 Å². The number of carbonyl (C=O) groups is 6. The zero-order valence-electron chi connectivity index (χ0n) is 28.0. The molecule has 0 radical (unpaired) electrons. The maximum atomic E-state index is 14.2. The second kappa shape index (κ2) is 12.7. The van der Waals surface area contributed by atoms with Crippen LogP contribution in [0.4, 0.5) is 4.79 Å². The number of hydrogen-bond acceptors (Lipinski definition) is 7. The Balaban J connectivity index is 1.82. The molecular formula is C32H53N5O7. The first-order valence-electron chi connectivity index (χ1n) is 15.8. The summed E-state index contributed by atoms with van der Waals surface area (Å²) in [5, 5.41) is 8.22. The highest BCUT2D eigenvalue weighted by Gasteiger charge is 2.60. The Morgan fingerprint density at radius 3 is 2.00 bits per heavy atom. The van der Waals surface area contributed by atoms with Crippen LogP contribution in [0.3, 0.4) is 0 Å².